The van der Waals surface area contributed by atoms with Crippen LogP contribution >= 0.6 is 0 Å². The van der Waals surface area contributed by atoms with Gasteiger partial charge >= 0.3 is 0 Å². The van der Waals surface area contributed by atoms with Crippen LogP contribution in [-0.4, -0.2) is 9.67 Å². The number of pyridine rings is 1. The highest BCUT2D eigenvalue weighted by Gasteiger charge is 2.05. The highest BCUT2D eigenvalue weighted by molar-refractivity contribution is 5.25. The van der Waals surface area contributed by atoms with Gasteiger partial charge in [-0.05, 0) is 25.5 Å². The standard InChI is InChI=1S/C9H13NO2/c1-6-4-7(2)10(3)9(12)8(6)5-11/h4,11H,5H2,1-3H3. The Morgan fingerprint density at radius 1 is 1.50 bits per heavy atom. The van der Waals surface area contributed by atoms with Gasteiger partial charge in [0.05, 0.1) is 6.61 Å². The van der Waals surface area contributed by atoms with Crippen LogP contribution in [-0.2, 0) is 13.7 Å². The molecule has 1 heterocycles. The van der Waals surface area contributed by atoms with E-state index in [2.05, 4.69) is 0 Å². The number of rotatable bonds is 1. The van der Waals surface area contributed by atoms with E-state index in [1.165, 1.54) is 0 Å². The summed E-state index contributed by atoms with van der Waals surface area (Å²) in [5, 5.41) is 8.90. The number of hydrogen-bond acceptors (Lipinski definition) is 2. The van der Waals surface area contributed by atoms with Crippen LogP contribution in [0.1, 0.15) is 16.8 Å². The predicted molar refractivity (Wildman–Crippen MR) is 47.1 cm³/mol. The quantitative estimate of drug-likeness (QED) is 0.661. The van der Waals surface area contributed by atoms with Gasteiger partial charge in [-0.25, -0.2) is 0 Å². The molecule has 0 saturated heterocycles. The molecule has 0 aliphatic heterocycles. The number of hydrogen-bond donors (Lipinski definition) is 1. The third-order valence-corrected chi connectivity index (χ3v) is 2.15. The Morgan fingerprint density at radius 2 is 2.08 bits per heavy atom. The van der Waals surface area contributed by atoms with Crippen LogP contribution < -0.4 is 5.56 Å². The lowest BCUT2D eigenvalue weighted by Crippen LogP contribution is -2.24. The molecule has 0 saturated carbocycles. The number of aryl methyl sites for hydroxylation is 2. The summed E-state index contributed by atoms with van der Waals surface area (Å²) in [7, 11) is 1.70. The van der Waals surface area contributed by atoms with E-state index in [1.807, 2.05) is 19.9 Å². The molecule has 0 aliphatic carbocycles. The average molecular weight is 167 g/mol. The molecular weight excluding hydrogens is 154 g/mol. The molecular formula is C9H13NO2. The van der Waals surface area contributed by atoms with E-state index in [-0.39, 0.29) is 12.2 Å². The van der Waals surface area contributed by atoms with E-state index in [0.29, 0.717) is 5.56 Å². The van der Waals surface area contributed by atoms with Crippen LogP contribution in [0.5, 0.6) is 0 Å². The Hall–Kier alpha value is -1.09. The van der Waals surface area contributed by atoms with Crippen molar-refractivity contribution in [2.45, 2.75) is 20.5 Å². The van der Waals surface area contributed by atoms with Gasteiger partial charge in [-0.15, -0.1) is 0 Å². The van der Waals surface area contributed by atoms with Crippen LogP contribution in [0.25, 0.3) is 0 Å². The molecule has 0 radical (unpaired) electrons. The maximum atomic E-state index is 11.4. The Labute approximate surface area is 71.3 Å². The Kier molecular flexibility index (Phi) is 2.33. The largest absolute Gasteiger partial charge is 0.391 e. The summed E-state index contributed by atoms with van der Waals surface area (Å²) in [4.78, 5) is 11.4. The van der Waals surface area contributed by atoms with Gasteiger partial charge in [0.15, 0.2) is 0 Å². The summed E-state index contributed by atoms with van der Waals surface area (Å²) < 4.78 is 1.54. The lowest BCUT2D eigenvalue weighted by Gasteiger charge is -2.07. The lowest BCUT2D eigenvalue weighted by atomic mass is 10.1. The van der Waals surface area contributed by atoms with Crippen LogP contribution in [0.3, 0.4) is 0 Å². The summed E-state index contributed by atoms with van der Waals surface area (Å²) in [6.45, 7) is 3.52. The molecule has 3 nitrogen and oxygen atoms in total. The summed E-state index contributed by atoms with van der Waals surface area (Å²) in [5.41, 5.74) is 2.16. The van der Waals surface area contributed by atoms with Crippen LogP contribution in [0.4, 0.5) is 0 Å². The summed E-state index contributed by atoms with van der Waals surface area (Å²) in [5.74, 6) is 0. The molecule has 3 heteroatoms. The van der Waals surface area contributed by atoms with Crippen molar-refractivity contribution >= 4 is 0 Å². The normalized spacial score (nSPS) is 10.3. The maximum Gasteiger partial charge on any atom is 0.256 e. The zero-order valence-corrected chi connectivity index (χ0v) is 7.59. The fourth-order valence-electron chi connectivity index (χ4n) is 1.22. The third-order valence-electron chi connectivity index (χ3n) is 2.15. The monoisotopic (exact) mass is 167 g/mol. The van der Waals surface area contributed by atoms with Crippen molar-refractivity contribution in [3.8, 4) is 0 Å². The van der Waals surface area contributed by atoms with Crippen molar-refractivity contribution in [2.75, 3.05) is 0 Å². The van der Waals surface area contributed by atoms with E-state index < -0.39 is 0 Å². The van der Waals surface area contributed by atoms with Crippen molar-refractivity contribution in [3.05, 3.63) is 33.2 Å². The first-order valence-electron chi connectivity index (χ1n) is 3.85. The van der Waals surface area contributed by atoms with E-state index >= 15 is 0 Å². The van der Waals surface area contributed by atoms with Crippen molar-refractivity contribution in [1.82, 2.24) is 4.57 Å². The molecule has 0 unspecified atom stereocenters. The third kappa shape index (κ3) is 1.28. The minimum atomic E-state index is -0.182. The smallest absolute Gasteiger partial charge is 0.256 e. The molecule has 0 amide bonds. The summed E-state index contributed by atoms with van der Waals surface area (Å²) >= 11 is 0. The van der Waals surface area contributed by atoms with Crippen molar-refractivity contribution < 1.29 is 5.11 Å². The first kappa shape index (κ1) is 9.00. The Bertz CT molecular complexity index is 352. The van der Waals surface area contributed by atoms with E-state index in [1.54, 1.807) is 11.6 Å². The van der Waals surface area contributed by atoms with E-state index in [9.17, 15) is 4.79 Å². The maximum absolute atomic E-state index is 11.4. The molecule has 0 fully saturated rings. The second-order valence-corrected chi connectivity index (χ2v) is 2.97. The first-order chi connectivity index (χ1) is 5.57. The summed E-state index contributed by atoms with van der Waals surface area (Å²) in [6, 6.07) is 1.90. The SMILES string of the molecule is Cc1cc(C)n(C)c(=O)c1CO. The first-order valence-corrected chi connectivity index (χ1v) is 3.85. The topological polar surface area (TPSA) is 42.2 Å². The van der Waals surface area contributed by atoms with Crippen molar-refractivity contribution in [2.24, 2.45) is 7.05 Å². The number of aromatic nitrogens is 1. The second kappa shape index (κ2) is 3.11. The van der Waals surface area contributed by atoms with Gasteiger partial charge in [0.25, 0.3) is 5.56 Å². The van der Waals surface area contributed by atoms with Gasteiger partial charge in [0.1, 0.15) is 0 Å². The van der Waals surface area contributed by atoms with Gasteiger partial charge in [-0.2, -0.15) is 0 Å². The number of aliphatic hydroxyl groups excluding tert-OH is 1. The average Bonchev–Trinajstić information content (AvgIpc) is 2.01. The van der Waals surface area contributed by atoms with Crippen molar-refractivity contribution in [1.29, 1.82) is 0 Å². The fraction of sp³-hybridized carbons (Fsp3) is 0.444. The van der Waals surface area contributed by atoms with Gasteiger partial charge in [-0.3, -0.25) is 4.79 Å². The van der Waals surface area contributed by atoms with Crippen molar-refractivity contribution in [3.63, 3.8) is 0 Å². The van der Waals surface area contributed by atoms with Crippen LogP contribution in [0.2, 0.25) is 0 Å². The molecule has 1 aromatic rings. The van der Waals surface area contributed by atoms with Crippen LogP contribution in [0.15, 0.2) is 10.9 Å². The molecule has 0 bridgehead atoms. The fourth-order valence-corrected chi connectivity index (χ4v) is 1.22. The minimum Gasteiger partial charge on any atom is -0.391 e. The Balaban J connectivity index is 3.52. The molecule has 0 aromatic carbocycles. The molecule has 66 valence electrons. The van der Waals surface area contributed by atoms with Gasteiger partial charge in [0.2, 0.25) is 0 Å². The predicted octanol–water partition coefficient (Wildman–Crippen LogP) is 0.494. The molecule has 1 N–H and O–H groups in total. The molecule has 0 atom stereocenters. The zero-order valence-electron chi connectivity index (χ0n) is 7.59. The minimum absolute atomic E-state index is 0.102. The number of nitrogens with zero attached hydrogens (tertiary/aromatic N) is 1. The molecule has 0 spiro atoms. The van der Waals surface area contributed by atoms with Gasteiger partial charge in [-0.1, -0.05) is 0 Å². The van der Waals surface area contributed by atoms with Gasteiger partial charge < -0.3 is 9.67 Å². The zero-order chi connectivity index (χ0) is 9.30. The van der Waals surface area contributed by atoms with Gasteiger partial charge in [0, 0.05) is 18.3 Å². The molecule has 1 aromatic heterocycles. The Morgan fingerprint density at radius 3 is 2.58 bits per heavy atom. The lowest BCUT2D eigenvalue weighted by molar-refractivity contribution is 0.278. The highest BCUT2D eigenvalue weighted by atomic mass is 16.3. The molecule has 1 rings (SSSR count). The summed E-state index contributed by atoms with van der Waals surface area (Å²) in [6.07, 6.45) is 0. The van der Waals surface area contributed by atoms with E-state index in [4.69, 9.17) is 5.11 Å². The molecule has 12 heavy (non-hydrogen) atoms. The van der Waals surface area contributed by atoms with E-state index in [0.717, 1.165) is 11.3 Å². The highest BCUT2D eigenvalue weighted by Crippen LogP contribution is 2.04. The van der Waals surface area contributed by atoms with Crippen LogP contribution in [0, 0.1) is 13.8 Å². The number of aliphatic hydroxyl groups is 1. The molecule has 0 aliphatic rings. The second-order valence-electron chi connectivity index (χ2n) is 2.97.